The number of carbonyl (C=O) groups excluding carboxylic acids is 1. The molecular weight excluding hydrogens is 246 g/mol. The van der Waals surface area contributed by atoms with Crippen molar-refractivity contribution < 1.29 is 4.79 Å². The van der Waals surface area contributed by atoms with Crippen LogP contribution in [-0.2, 0) is 7.05 Å². The van der Waals surface area contributed by atoms with Gasteiger partial charge in [-0.2, -0.15) is 0 Å². The van der Waals surface area contributed by atoms with Crippen LogP contribution < -0.4 is 0 Å². The molecule has 2 aromatic rings. The van der Waals surface area contributed by atoms with E-state index >= 15 is 0 Å². The number of hydrogen-bond donors (Lipinski definition) is 0. The third-order valence-corrected chi connectivity index (χ3v) is 4.70. The van der Waals surface area contributed by atoms with Gasteiger partial charge < -0.3 is 4.57 Å². The second-order valence-corrected chi connectivity index (χ2v) is 6.29. The van der Waals surface area contributed by atoms with Crippen molar-refractivity contribution in [2.45, 2.75) is 45.4 Å². The van der Waals surface area contributed by atoms with Crippen LogP contribution in [0, 0.1) is 12.8 Å². The van der Waals surface area contributed by atoms with Gasteiger partial charge in [-0.05, 0) is 30.9 Å². The molecule has 1 aromatic heterocycles. The lowest BCUT2D eigenvalue weighted by Gasteiger charge is -2.07. The van der Waals surface area contributed by atoms with Gasteiger partial charge in [-0.15, -0.1) is 0 Å². The Morgan fingerprint density at radius 2 is 2.05 bits per heavy atom. The monoisotopic (exact) mass is 269 g/mol. The van der Waals surface area contributed by atoms with E-state index in [0.717, 1.165) is 28.8 Å². The van der Waals surface area contributed by atoms with Crippen molar-refractivity contribution in [1.29, 1.82) is 0 Å². The van der Waals surface area contributed by atoms with Crippen molar-refractivity contribution in [3.05, 3.63) is 35.5 Å². The minimum atomic E-state index is 0.311. The van der Waals surface area contributed by atoms with Crippen LogP contribution in [0.3, 0.4) is 0 Å². The highest BCUT2D eigenvalue weighted by molar-refractivity contribution is 6.08. The molecule has 1 fully saturated rings. The molecule has 20 heavy (non-hydrogen) atoms. The van der Waals surface area contributed by atoms with Gasteiger partial charge in [0.15, 0.2) is 5.78 Å². The fraction of sp³-hybridized carbons (Fsp3) is 0.500. The van der Waals surface area contributed by atoms with Crippen LogP contribution in [0.4, 0.5) is 0 Å². The highest BCUT2D eigenvalue weighted by Gasteiger charge is 2.18. The van der Waals surface area contributed by atoms with E-state index in [1.807, 2.05) is 13.2 Å². The summed E-state index contributed by atoms with van der Waals surface area (Å²) in [5.41, 5.74) is 3.30. The average Bonchev–Trinajstić information content (AvgIpc) is 3.05. The number of ketones is 1. The highest BCUT2D eigenvalue weighted by Crippen LogP contribution is 2.30. The predicted molar refractivity (Wildman–Crippen MR) is 83.2 cm³/mol. The highest BCUT2D eigenvalue weighted by atomic mass is 16.1. The molecule has 0 saturated heterocycles. The number of nitrogens with zero attached hydrogens (tertiary/aromatic N) is 1. The second-order valence-electron chi connectivity index (χ2n) is 6.29. The fourth-order valence-corrected chi connectivity index (χ4v) is 3.49. The predicted octanol–water partition coefficient (Wildman–Crippen LogP) is 4.64. The lowest BCUT2D eigenvalue weighted by Crippen LogP contribution is -2.02. The zero-order valence-corrected chi connectivity index (χ0v) is 12.5. The van der Waals surface area contributed by atoms with Gasteiger partial charge in [0, 0.05) is 36.1 Å². The standard InChI is InChI=1S/C18H23NO/c1-13-7-9-15-16(12-19(2)17(15)11-13)18(20)10-8-14-5-3-4-6-14/h7,9,11-12,14H,3-6,8,10H2,1-2H3. The van der Waals surface area contributed by atoms with E-state index in [9.17, 15) is 4.79 Å². The minimum Gasteiger partial charge on any atom is -0.350 e. The number of hydrogen-bond acceptors (Lipinski definition) is 1. The number of fused-ring (bicyclic) bond motifs is 1. The summed E-state index contributed by atoms with van der Waals surface area (Å²) < 4.78 is 2.07. The number of rotatable bonds is 4. The van der Waals surface area contributed by atoms with Crippen molar-refractivity contribution in [1.82, 2.24) is 4.57 Å². The molecule has 0 unspecified atom stereocenters. The molecule has 1 aliphatic rings. The summed E-state index contributed by atoms with van der Waals surface area (Å²) in [7, 11) is 2.02. The Morgan fingerprint density at radius 1 is 1.30 bits per heavy atom. The Kier molecular flexibility index (Phi) is 3.64. The SMILES string of the molecule is Cc1ccc2c(C(=O)CCC3CCCC3)cn(C)c2c1. The van der Waals surface area contributed by atoms with Gasteiger partial charge in [-0.25, -0.2) is 0 Å². The normalized spacial score (nSPS) is 16.1. The van der Waals surface area contributed by atoms with E-state index < -0.39 is 0 Å². The Bertz CT molecular complexity index is 632. The maximum absolute atomic E-state index is 12.5. The number of aryl methyl sites for hydroxylation is 2. The maximum atomic E-state index is 12.5. The maximum Gasteiger partial charge on any atom is 0.165 e. The number of carbonyl (C=O) groups is 1. The van der Waals surface area contributed by atoms with Crippen molar-refractivity contribution >= 4 is 16.7 Å². The third-order valence-electron chi connectivity index (χ3n) is 4.70. The largest absolute Gasteiger partial charge is 0.350 e. The Labute approximate surface area is 120 Å². The topological polar surface area (TPSA) is 22.0 Å². The molecule has 1 saturated carbocycles. The lowest BCUT2D eigenvalue weighted by atomic mass is 9.97. The molecular formula is C18H23NO. The number of aromatic nitrogens is 1. The first kappa shape index (κ1) is 13.4. The lowest BCUT2D eigenvalue weighted by molar-refractivity contribution is 0.0975. The smallest absolute Gasteiger partial charge is 0.165 e. The summed E-state index contributed by atoms with van der Waals surface area (Å²) in [6.45, 7) is 2.09. The van der Waals surface area contributed by atoms with Crippen LogP contribution in [0.25, 0.3) is 10.9 Å². The molecule has 0 radical (unpaired) electrons. The van der Waals surface area contributed by atoms with Gasteiger partial charge in [0.25, 0.3) is 0 Å². The summed E-state index contributed by atoms with van der Waals surface area (Å²) in [5, 5.41) is 1.11. The molecule has 1 heterocycles. The van der Waals surface area contributed by atoms with Crippen molar-refractivity contribution in [2.24, 2.45) is 13.0 Å². The molecule has 0 aliphatic heterocycles. The van der Waals surface area contributed by atoms with Crippen LogP contribution in [0.5, 0.6) is 0 Å². The van der Waals surface area contributed by atoms with Crippen molar-refractivity contribution in [3.63, 3.8) is 0 Å². The molecule has 0 bridgehead atoms. The van der Waals surface area contributed by atoms with Crippen LogP contribution in [0.1, 0.15) is 54.4 Å². The molecule has 1 aromatic carbocycles. The fourth-order valence-electron chi connectivity index (χ4n) is 3.49. The zero-order chi connectivity index (χ0) is 14.1. The average molecular weight is 269 g/mol. The Hall–Kier alpha value is -1.57. The summed E-state index contributed by atoms with van der Waals surface area (Å²) in [6.07, 6.45) is 9.13. The number of Topliss-reactive ketones (excluding diaryl/α,β-unsaturated/α-hetero) is 1. The first-order chi connectivity index (χ1) is 9.65. The van der Waals surface area contributed by atoms with Gasteiger partial charge in [-0.1, -0.05) is 37.8 Å². The first-order valence-electron chi connectivity index (χ1n) is 7.74. The van der Waals surface area contributed by atoms with E-state index in [0.29, 0.717) is 12.2 Å². The van der Waals surface area contributed by atoms with Gasteiger partial charge in [0.05, 0.1) is 0 Å². The minimum absolute atomic E-state index is 0.311. The van der Waals surface area contributed by atoms with Crippen LogP contribution >= 0.6 is 0 Å². The van der Waals surface area contributed by atoms with E-state index in [1.54, 1.807) is 0 Å². The second kappa shape index (κ2) is 5.43. The van der Waals surface area contributed by atoms with Crippen molar-refractivity contribution in [3.8, 4) is 0 Å². The molecule has 0 spiro atoms. The molecule has 0 amide bonds. The van der Waals surface area contributed by atoms with Crippen LogP contribution in [-0.4, -0.2) is 10.4 Å². The van der Waals surface area contributed by atoms with Crippen LogP contribution in [0.2, 0.25) is 0 Å². The summed E-state index contributed by atoms with van der Waals surface area (Å²) >= 11 is 0. The van der Waals surface area contributed by atoms with Crippen LogP contribution in [0.15, 0.2) is 24.4 Å². The van der Waals surface area contributed by atoms with Gasteiger partial charge in [-0.3, -0.25) is 4.79 Å². The molecule has 106 valence electrons. The molecule has 2 heteroatoms. The number of benzene rings is 1. The molecule has 2 nitrogen and oxygen atoms in total. The zero-order valence-electron chi connectivity index (χ0n) is 12.5. The summed E-state index contributed by atoms with van der Waals surface area (Å²) in [4.78, 5) is 12.5. The molecule has 0 N–H and O–H groups in total. The van der Waals surface area contributed by atoms with E-state index in [4.69, 9.17) is 0 Å². The van der Waals surface area contributed by atoms with Crippen molar-refractivity contribution in [2.75, 3.05) is 0 Å². The van der Waals surface area contributed by atoms with Gasteiger partial charge in [0.2, 0.25) is 0 Å². The van der Waals surface area contributed by atoms with Gasteiger partial charge in [0.1, 0.15) is 0 Å². The Morgan fingerprint density at radius 3 is 2.80 bits per heavy atom. The van der Waals surface area contributed by atoms with E-state index in [1.165, 1.54) is 31.2 Å². The Balaban J connectivity index is 1.80. The quantitative estimate of drug-likeness (QED) is 0.741. The molecule has 3 rings (SSSR count). The molecule has 1 aliphatic carbocycles. The third kappa shape index (κ3) is 2.52. The summed E-state index contributed by atoms with van der Waals surface area (Å²) in [5.74, 6) is 1.10. The van der Waals surface area contributed by atoms with E-state index in [2.05, 4.69) is 29.7 Å². The molecule has 0 atom stereocenters. The van der Waals surface area contributed by atoms with Gasteiger partial charge >= 0.3 is 0 Å². The first-order valence-corrected chi connectivity index (χ1v) is 7.74. The summed E-state index contributed by atoms with van der Waals surface area (Å²) in [6, 6.07) is 6.34. The van der Waals surface area contributed by atoms with E-state index in [-0.39, 0.29) is 0 Å².